The minimum Gasteiger partial charge on any atom is -0.449 e. The Balaban J connectivity index is 1.93. The molecular weight excluding hydrogens is 226 g/mol. The summed E-state index contributed by atoms with van der Waals surface area (Å²) in [6, 6.07) is 3.63. The van der Waals surface area contributed by atoms with Crippen molar-refractivity contribution in [3.63, 3.8) is 0 Å². The molecule has 0 aliphatic rings. The lowest BCUT2D eigenvalue weighted by molar-refractivity contribution is 0.532. The Morgan fingerprint density at radius 3 is 3.08 bits per heavy atom. The molecule has 5 heteroatoms. The summed E-state index contributed by atoms with van der Waals surface area (Å²) < 4.78 is 6.25. The van der Waals surface area contributed by atoms with Crippen LogP contribution in [0.1, 0.15) is 5.76 Å². The quantitative estimate of drug-likeness (QED) is 0.754. The number of hydrogen-bond acceptors (Lipinski definition) is 4. The van der Waals surface area contributed by atoms with Crippen molar-refractivity contribution in [2.75, 3.05) is 0 Å². The number of thiazole rings is 1. The third kappa shape index (κ3) is 2.49. The van der Waals surface area contributed by atoms with Crippen LogP contribution in [0.5, 0.6) is 0 Å². The molecule has 0 saturated carbocycles. The van der Waals surface area contributed by atoms with Crippen LogP contribution < -0.4 is 0 Å². The van der Waals surface area contributed by atoms with E-state index >= 15 is 0 Å². The zero-order chi connectivity index (χ0) is 9.10. The second-order valence-corrected chi connectivity index (χ2v) is 4.78. The zero-order valence-corrected chi connectivity index (χ0v) is 8.96. The van der Waals surface area contributed by atoms with Gasteiger partial charge in [0.2, 0.25) is 0 Å². The van der Waals surface area contributed by atoms with Crippen molar-refractivity contribution in [3.05, 3.63) is 34.7 Å². The number of aromatic nitrogens is 1. The second kappa shape index (κ2) is 4.17. The van der Waals surface area contributed by atoms with E-state index in [4.69, 9.17) is 16.0 Å². The number of hydrogen-bond donors (Lipinski definition) is 0. The van der Waals surface area contributed by atoms with Crippen molar-refractivity contribution in [1.82, 2.24) is 4.98 Å². The molecule has 0 amide bonds. The van der Waals surface area contributed by atoms with Gasteiger partial charge >= 0.3 is 0 Å². The minimum atomic E-state index is 0.440. The van der Waals surface area contributed by atoms with Crippen LogP contribution >= 0.6 is 34.7 Å². The summed E-state index contributed by atoms with van der Waals surface area (Å²) in [6.45, 7) is 0. The van der Waals surface area contributed by atoms with Gasteiger partial charge in [0.05, 0.1) is 5.75 Å². The minimum absolute atomic E-state index is 0.440. The van der Waals surface area contributed by atoms with Crippen LogP contribution in [0.4, 0.5) is 0 Å². The van der Waals surface area contributed by atoms with E-state index in [0.29, 0.717) is 5.22 Å². The molecule has 0 N–H and O–H groups in total. The molecule has 0 unspecified atom stereocenters. The third-order valence-electron chi connectivity index (χ3n) is 1.38. The number of halogens is 1. The zero-order valence-electron chi connectivity index (χ0n) is 6.57. The van der Waals surface area contributed by atoms with Gasteiger partial charge in [0.25, 0.3) is 0 Å². The van der Waals surface area contributed by atoms with Gasteiger partial charge in [-0.2, -0.15) is 0 Å². The van der Waals surface area contributed by atoms with E-state index in [9.17, 15) is 0 Å². The van der Waals surface area contributed by atoms with E-state index in [-0.39, 0.29) is 0 Å². The van der Waals surface area contributed by atoms with Crippen molar-refractivity contribution in [1.29, 1.82) is 0 Å². The molecule has 68 valence electrons. The number of furan rings is 1. The van der Waals surface area contributed by atoms with Crippen LogP contribution in [0, 0.1) is 0 Å². The van der Waals surface area contributed by atoms with Gasteiger partial charge in [0.1, 0.15) is 10.1 Å². The van der Waals surface area contributed by atoms with E-state index in [1.54, 1.807) is 35.4 Å². The lowest BCUT2D eigenvalue weighted by Gasteiger charge is -1.92. The molecule has 0 fully saturated rings. The van der Waals surface area contributed by atoms with Gasteiger partial charge < -0.3 is 4.42 Å². The molecule has 0 aliphatic heterocycles. The summed E-state index contributed by atoms with van der Waals surface area (Å²) in [4.78, 5) is 4.14. The molecule has 0 radical (unpaired) electrons. The normalized spacial score (nSPS) is 10.5. The first-order valence-electron chi connectivity index (χ1n) is 3.61. The van der Waals surface area contributed by atoms with Gasteiger partial charge in [-0.05, 0) is 23.7 Å². The van der Waals surface area contributed by atoms with E-state index < -0.39 is 0 Å². The lowest BCUT2D eigenvalue weighted by Crippen LogP contribution is -1.73. The third-order valence-corrected chi connectivity index (χ3v) is 3.57. The Hall–Kier alpha value is -0.450. The summed E-state index contributed by atoms with van der Waals surface area (Å²) in [5.74, 6) is 1.66. The highest BCUT2D eigenvalue weighted by Gasteiger charge is 2.02. The van der Waals surface area contributed by atoms with Crippen LogP contribution in [0.3, 0.4) is 0 Å². The first-order chi connectivity index (χ1) is 6.34. The van der Waals surface area contributed by atoms with E-state index in [1.807, 2.05) is 11.4 Å². The van der Waals surface area contributed by atoms with Gasteiger partial charge in [-0.15, -0.1) is 11.3 Å². The molecule has 2 nitrogen and oxygen atoms in total. The van der Waals surface area contributed by atoms with E-state index in [0.717, 1.165) is 15.9 Å². The highest BCUT2D eigenvalue weighted by Crippen LogP contribution is 2.26. The summed E-state index contributed by atoms with van der Waals surface area (Å²) in [5, 5.41) is 2.40. The van der Waals surface area contributed by atoms with Crippen LogP contribution in [-0.2, 0) is 5.75 Å². The average molecular weight is 232 g/mol. The van der Waals surface area contributed by atoms with E-state index in [1.165, 1.54) is 0 Å². The maximum atomic E-state index is 5.63. The Kier molecular flexibility index (Phi) is 2.93. The van der Waals surface area contributed by atoms with Crippen molar-refractivity contribution < 1.29 is 4.42 Å². The van der Waals surface area contributed by atoms with E-state index in [2.05, 4.69) is 4.98 Å². The van der Waals surface area contributed by atoms with Crippen LogP contribution in [0.25, 0.3) is 0 Å². The molecule has 2 aromatic rings. The smallest absolute Gasteiger partial charge is 0.193 e. The lowest BCUT2D eigenvalue weighted by atomic mass is 10.5. The molecule has 2 heterocycles. The van der Waals surface area contributed by atoms with Crippen molar-refractivity contribution in [2.24, 2.45) is 0 Å². The summed E-state index contributed by atoms with van der Waals surface area (Å²) >= 11 is 8.91. The largest absolute Gasteiger partial charge is 0.449 e. The summed E-state index contributed by atoms with van der Waals surface area (Å²) in [6.07, 6.45) is 1.79. The molecule has 2 aromatic heterocycles. The molecule has 0 bridgehead atoms. The first kappa shape index (κ1) is 9.12. The fraction of sp³-hybridized carbons (Fsp3) is 0.125. The first-order valence-corrected chi connectivity index (χ1v) is 5.85. The molecular formula is C8H6ClNOS2. The maximum Gasteiger partial charge on any atom is 0.193 e. The van der Waals surface area contributed by atoms with Gasteiger partial charge in [-0.1, -0.05) is 11.8 Å². The molecule has 0 aliphatic carbocycles. The number of rotatable bonds is 3. The molecule has 0 saturated heterocycles. The Labute approximate surface area is 88.9 Å². The van der Waals surface area contributed by atoms with Crippen LogP contribution in [0.2, 0.25) is 5.22 Å². The van der Waals surface area contributed by atoms with Crippen LogP contribution in [-0.4, -0.2) is 4.98 Å². The van der Waals surface area contributed by atoms with Crippen LogP contribution in [0.15, 0.2) is 32.5 Å². The molecule has 0 atom stereocenters. The van der Waals surface area contributed by atoms with Crippen molar-refractivity contribution >= 4 is 34.7 Å². The van der Waals surface area contributed by atoms with Gasteiger partial charge in [-0.25, -0.2) is 4.98 Å². The number of nitrogens with zero attached hydrogens (tertiary/aromatic N) is 1. The van der Waals surface area contributed by atoms with Gasteiger partial charge in [0, 0.05) is 11.6 Å². The van der Waals surface area contributed by atoms with Crippen molar-refractivity contribution in [2.45, 2.75) is 10.1 Å². The maximum absolute atomic E-state index is 5.63. The topological polar surface area (TPSA) is 26.0 Å². The average Bonchev–Trinajstić information content (AvgIpc) is 2.71. The summed E-state index contributed by atoms with van der Waals surface area (Å²) in [5.41, 5.74) is 0. The Morgan fingerprint density at radius 1 is 1.54 bits per heavy atom. The molecule has 0 spiro atoms. The Bertz CT molecular complexity index is 371. The van der Waals surface area contributed by atoms with Gasteiger partial charge in [0.15, 0.2) is 5.22 Å². The predicted octanol–water partition coefficient (Wildman–Crippen LogP) is 3.68. The molecule has 13 heavy (non-hydrogen) atoms. The predicted molar refractivity (Wildman–Crippen MR) is 55.4 cm³/mol. The fourth-order valence-corrected chi connectivity index (χ4v) is 2.54. The van der Waals surface area contributed by atoms with Crippen molar-refractivity contribution in [3.8, 4) is 0 Å². The standard InChI is InChI=1S/C8H6ClNOS2/c9-7-2-1-6(11-7)5-13-8-10-3-4-12-8/h1-4H,5H2. The summed E-state index contributed by atoms with van der Waals surface area (Å²) in [7, 11) is 0. The Morgan fingerprint density at radius 2 is 2.46 bits per heavy atom. The number of thioether (sulfide) groups is 1. The molecule has 0 aromatic carbocycles. The SMILES string of the molecule is Clc1ccc(CSc2nccs2)o1. The monoisotopic (exact) mass is 231 g/mol. The highest BCUT2D eigenvalue weighted by atomic mass is 35.5. The highest BCUT2D eigenvalue weighted by molar-refractivity contribution is 8.00. The second-order valence-electron chi connectivity index (χ2n) is 2.29. The fourth-order valence-electron chi connectivity index (χ4n) is 0.844. The van der Waals surface area contributed by atoms with Gasteiger partial charge in [-0.3, -0.25) is 0 Å². The molecule has 2 rings (SSSR count).